The molecule has 0 unspecified atom stereocenters. The van der Waals surface area contributed by atoms with E-state index in [1.807, 2.05) is 47.8 Å². The second kappa shape index (κ2) is 5.66. The number of nitrogens with one attached hydrogen (secondary N) is 1. The van der Waals surface area contributed by atoms with Crippen LogP contribution in [-0.4, -0.2) is 20.9 Å². The Morgan fingerprint density at radius 3 is 2.80 bits per heavy atom. The minimum absolute atomic E-state index is 0.222. The van der Waals surface area contributed by atoms with E-state index in [0.29, 0.717) is 12.2 Å². The lowest BCUT2D eigenvalue weighted by molar-refractivity contribution is 0.0946. The molecule has 0 aliphatic heterocycles. The van der Waals surface area contributed by atoms with Gasteiger partial charge < -0.3 is 5.32 Å². The number of amides is 1. The van der Waals surface area contributed by atoms with Gasteiger partial charge in [0.2, 0.25) is 0 Å². The number of thiophene rings is 1. The summed E-state index contributed by atoms with van der Waals surface area (Å²) in [4.78, 5) is 14.5. The predicted octanol–water partition coefficient (Wildman–Crippen LogP) is 2.26. The minimum atomic E-state index is -0.222. The van der Waals surface area contributed by atoms with Crippen LogP contribution in [0.3, 0.4) is 0 Å². The molecule has 1 N–H and O–H groups in total. The molecule has 0 saturated carbocycles. The van der Waals surface area contributed by atoms with E-state index in [1.54, 1.807) is 11.3 Å². The van der Waals surface area contributed by atoms with Gasteiger partial charge in [-0.05, 0) is 23.6 Å². The Morgan fingerprint density at radius 2 is 2.05 bits per heavy atom. The van der Waals surface area contributed by atoms with Crippen LogP contribution < -0.4 is 5.32 Å². The van der Waals surface area contributed by atoms with Crippen LogP contribution in [0.15, 0.2) is 54.0 Å². The van der Waals surface area contributed by atoms with Crippen LogP contribution in [-0.2, 0) is 6.54 Å². The van der Waals surface area contributed by atoms with Crippen LogP contribution in [0.5, 0.6) is 0 Å². The molecule has 0 saturated heterocycles. The van der Waals surface area contributed by atoms with Crippen LogP contribution in [0.1, 0.15) is 15.4 Å². The standard InChI is InChI=1S/C14H12N4OS/c19-14(15-9-12-7-4-8-20-12)13-10-16-18(17-13)11-5-2-1-3-6-11/h1-8,10H,9H2,(H,15,19). The summed E-state index contributed by atoms with van der Waals surface area (Å²) >= 11 is 1.61. The Bertz CT molecular complexity index is 691. The highest BCUT2D eigenvalue weighted by Crippen LogP contribution is 2.08. The third kappa shape index (κ3) is 2.75. The molecule has 0 radical (unpaired) electrons. The monoisotopic (exact) mass is 284 g/mol. The molecule has 1 amide bonds. The molecule has 100 valence electrons. The first-order valence-corrected chi connectivity index (χ1v) is 6.99. The fraction of sp³-hybridized carbons (Fsp3) is 0.0714. The van der Waals surface area contributed by atoms with E-state index in [-0.39, 0.29) is 5.91 Å². The highest BCUT2D eigenvalue weighted by atomic mass is 32.1. The average molecular weight is 284 g/mol. The zero-order valence-corrected chi connectivity index (χ0v) is 11.4. The largest absolute Gasteiger partial charge is 0.346 e. The lowest BCUT2D eigenvalue weighted by Crippen LogP contribution is -2.22. The van der Waals surface area contributed by atoms with Crippen molar-refractivity contribution >= 4 is 17.2 Å². The van der Waals surface area contributed by atoms with Gasteiger partial charge in [0.15, 0.2) is 5.69 Å². The van der Waals surface area contributed by atoms with Gasteiger partial charge in [-0.2, -0.15) is 9.90 Å². The Morgan fingerprint density at radius 1 is 1.20 bits per heavy atom. The molecule has 2 aromatic heterocycles. The van der Waals surface area contributed by atoms with E-state index < -0.39 is 0 Å². The molecule has 2 heterocycles. The fourth-order valence-corrected chi connectivity index (χ4v) is 2.37. The molecule has 0 aliphatic rings. The summed E-state index contributed by atoms with van der Waals surface area (Å²) < 4.78 is 0. The summed E-state index contributed by atoms with van der Waals surface area (Å²) in [5.74, 6) is -0.222. The van der Waals surface area contributed by atoms with E-state index in [2.05, 4.69) is 15.5 Å². The number of para-hydroxylation sites is 1. The first-order chi connectivity index (χ1) is 9.83. The van der Waals surface area contributed by atoms with Crippen LogP contribution in [0, 0.1) is 0 Å². The number of carbonyl (C=O) groups is 1. The molecule has 3 rings (SSSR count). The van der Waals surface area contributed by atoms with Crippen molar-refractivity contribution in [3.8, 4) is 5.69 Å². The topological polar surface area (TPSA) is 59.8 Å². The number of nitrogens with zero attached hydrogens (tertiary/aromatic N) is 3. The molecule has 0 atom stereocenters. The van der Waals surface area contributed by atoms with Gasteiger partial charge in [0.05, 0.1) is 18.4 Å². The Kier molecular flexibility index (Phi) is 3.56. The first kappa shape index (κ1) is 12.6. The van der Waals surface area contributed by atoms with Gasteiger partial charge in [-0.15, -0.1) is 16.4 Å². The van der Waals surface area contributed by atoms with Crippen molar-refractivity contribution in [3.63, 3.8) is 0 Å². The van der Waals surface area contributed by atoms with Crippen LogP contribution in [0.25, 0.3) is 5.69 Å². The molecular formula is C14H12N4OS. The molecule has 3 aromatic rings. The van der Waals surface area contributed by atoms with Gasteiger partial charge >= 0.3 is 0 Å². The lowest BCUT2D eigenvalue weighted by Gasteiger charge is -2.00. The number of aromatic nitrogens is 3. The summed E-state index contributed by atoms with van der Waals surface area (Å²) in [5, 5.41) is 13.1. The van der Waals surface area contributed by atoms with Crippen LogP contribution in [0.4, 0.5) is 0 Å². The molecule has 0 aliphatic carbocycles. The van der Waals surface area contributed by atoms with Gasteiger partial charge in [0, 0.05) is 4.88 Å². The molecular weight excluding hydrogens is 272 g/mol. The molecule has 20 heavy (non-hydrogen) atoms. The zero-order valence-electron chi connectivity index (χ0n) is 10.6. The van der Waals surface area contributed by atoms with Crippen LogP contribution in [0.2, 0.25) is 0 Å². The Labute approximate surface area is 119 Å². The Hall–Kier alpha value is -2.47. The van der Waals surface area contributed by atoms with E-state index in [4.69, 9.17) is 0 Å². The van der Waals surface area contributed by atoms with Gasteiger partial charge in [-0.1, -0.05) is 24.3 Å². The third-order valence-electron chi connectivity index (χ3n) is 2.71. The molecule has 0 fully saturated rings. The summed E-state index contributed by atoms with van der Waals surface area (Å²) in [6.07, 6.45) is 1.47. The number of carbonyl (C=O) groups excluding carboxylic acids is 1. The van der Waals surface area contributed by atoms with Crippen molar-refractivity contribution in [1.29, 1.82) is 0 Å². The van der Waals surface area contributed by atoms with Crippen molar-refractivity contribution in [1.82, 2.24) is 20.3 Å². The SMILES string of the molecule is O=C(NCc1cccs1)c1cnn(-c2ccccc2)n1. The van der Waals surface area contributed by atoms with Crippen molar-refractivity contribution in [2.75, 3.05) is 0 Å². The summed E-state index contributed by atoms with van der Waals surface area (Å²) in [6.45, 7) is 0.509. The Balaban J connectivity index is 1.69. The smallest absolute Gasteiger partial charge is 0.273 e. The maximum absolute atomic E-state index is 12.0. The van der Waals surface area contributed by atoms with E-state index in [9.17, 15) is 4.79 Å². The summed E-state index contributed by atoms with van der Waals surface area (Å²) in [7, 11) is 0. The van der Waals surface area contributed by atoms with Crippen LogP contribution >= 0.6 is 11.3 Å². The van der Waals surface area contributed by atoms with Gasteiger partial charge in [-0.3, -0.25) is 4.79 Å². The van der Waals surface area contributed by atoms with Crippen molar-refractivity contribution in [3.05, 3.63) is 64.6 Å². The highest BCUT2D eigenvalue weighted by Gasteiger charge is 2.11. The lowest BCUT2D eigenvalue weighted by atomic mass is 10.3. The maximum Gasteiger partial charge on any atom is 0.273 e. The quantitative estimate of drug-likeness (QED) is 0.799. The number of rotatable bonds is 4. The van der Waals surface area contributed by atoms with Gasteiger partial charge in [0.25, 0.3) is 5.91 Å². The maximum atomic E-state index is 12.0. The third-order valence-corrected chi connectivity index (χ3v) is 3.59. The van der Waals surface area contributed by atoms with Gasteiger partial charge in [0.1, 0.15) is 0 Å². The molecule has 5 nitrogen and oxygen atoms in total. The summed E-state index contributed by atoms with van der Waals surface area (Å²) in [5.41, 5.74) is 1.13. The average Bonchev–Trinajstić information content (AvgIpc) is 3.17. The van der Waals surface area contributed by atoms with E-state index >= 15 is 0 Å². The predicted molar refractivity (Wildman–Crippen MR) is 76.8 cm³/mol. The molecule has 0 bridgehead atoms. The highest BCUT2D eigenvalue weighted by molar-refractivity contribution is 7.09. The van der Waals surface area contributed by atoms with Gasteiger partial charge in [-0.25, -0.2) is 0 Å². The molecule has 6 heteroatoms. The summed E-state index contributed by atoms with van der Waals surface area (Å²) in [6, 6.07) is 13.4. The molecule has 1 aromatic carbocycles. The fourth-order valence-electron chi connectivity index (χ4n) is 1.72. The zero-order chi connectivity index (χ0) is 13.8. The first-order valence-electron chi connectivity index (χ1n) is 6.11. The number of hydrogen-bond donors (Lipinski definition) is 1. The minimum Gasteiger partial charge on any atom is -0.346 e. The second-order valence-electron chi connectivity index (χ2n) is 4.12. The van der Waals surface area contributed by atoms with E-state index in [0.717, 1.165) is 10.6 Å². The van der Waals surface area contributed by atoms with Crippen molar-refractivity contribution in [2.24, 2.45) is 0 Å². The number of hydrogen-bond acceptors (Lipinski definition) is 4. The normalized spacial score (nSPS) is 10.4. The second-order valence-corrected chi connectivity index (χ2v) is 5.15. The number of benzene rings is 1. The van der Waals surface area contributed by atoms with E-state index in [1.165, 1.54) is 11.0 Å². The van der Waals surface area contributed by atoms with Crippen molar-refractivity contribution in [2.45, 2.75) is 6.54 Å². The molecule has 0 spiro atoms. The van der Waals surface area contributed by atoms with Crippen molar-refractivity contribution < 1.29 is 4.79 Å².